The minimum Gasteiger partial charge on any atom is -0.461 e. The van der Waals surface area contributed by atoms with Crippen LogP contribution in [0.25, 0.3) is 11.3 Å². The lowest BCUT2D eigenvalue weighted by atomic mass is 10.1. The Hall–Kier alpha value is -2.14. The van der Waals surface area contributed by atoms with Crippen molar-refractivity contribution in [3.8, 4) is 17.0 Å². The molecule has 0 radical (unpaired) electrons. The molecule has 21 heavy (non-hydrogen) atoms. The number of rotatable bonds is 2. The molecule has 0 aliphatic carbocycles. The second-order valence-corrected chi connectivity index (χ2v) is 5.41. The molecule has 1 aliphatic rings. The third-order valence-corrected chi connectivity index (χ3v) is 3.66. The number of halogens is 1. The zero-order valence-electron chi connectivity index (χ0n) is 11.9. The third kappa shape index (κ3) is 2.34. The molecule has 5 nitrogen and oxygen atoms in total. The van der Waals surface area contributed by atoms with E-state index in [1.807, 2.05) is 31.0 Å². The van der Waals surface area contributed by atoms with E-state index >= 15 is 0 Å². The molecule has 2 aromatic rings. The van der Waals surface area contributed by atoms with Crippen molar-refractivity contribution < 1.29 is 9.53 Å². The van der Waals surface area contributed by atoms with Gasteiger partial charge in [-0.2, -0.15) is 0 Å². The Bertz CT molecular complexity index is 713. The van der Waals surface area contributed by atoms with E-state index in [-0.39, 0.29) is 0 Å². The van der Waals surface area contributed by atoms with Gasteiger partial charge in [0.15, 0.2) is 6.29 Å². The largest absolute Gasteiger partial charge is 0.461 e. The molecular weight excluding hydrogens is 290 g/mol. The van der Waals surface area contributed by atoms with Gasteiger partial charge in [-0.3, -0.25) is 4.79 Å². The van der Waals surface area contributed by atoms with Crippen LogP contribution in [0.1, 0.15) is 11.4 Å². The predicted octanol–water partition coefficient (Wildman–Crippen LogP) is 2.77. The van der Waals surface area contributed by atoms with Crippen molar-refractivity contribution in [2.24, 2.45) is 0 Å². The molecule has 0 spiro atoms. The highest BCUT2D eigenvalue weighted by Gasteiger charge is 2.29. The second-order valence-electron chi connectivity index (χ2n) is 5.02. The van der Waals surface area contributed by atoms with E-state index in [1.165, 1.54) is 0 Å². The lowest BCUT2D eigenvalue weighted by Gasteiger charge is -2.16. The van der Waals surface area contributed by atoms with Crippen molar-refractivity contribution in [1.82, 2.24) is 9.97 Å². The molecular formula is C15H14ClN3O2. The maximum Gasteiger partial charge on any atom is 0.228 e. The second kappa shape index (κ2) is 5.00. The van der Waals surface area contributed by atoms with Gasteiger partial charge < -0.3 is 9.64 Å². The molecule has 1 aromatic heterocycles. The maximum atomic E-state index is 11.0. The predicted molar refractivity (Wildman–Crippen MR) is 80.8 cm³/mol. The van der Waals surface area contributed by atoms with Crippen LogP contribution in [0.2, 0.25) is 5.15 Å². The van der Waals surface area contributed by atoms with Crippen molar-refractivity contribution in [2.45, 2.75) is 20.1 Å². The van der Waals surface area contributed by atoms with Crippen LogP contribution >= 0.6 is 11.6 Å². The number of hydrogen-bond acceptors (Lipinski definition) is 5. The van der Waals surface area contributed by atoms with E-state index in [4.69, 9.17) is 16.3 Å². The van der Waals surface area contributed by atoms with Gasteiger partial charge in [0.05, 0.1) is 11.4 Å². The number of aromatic nitrogens is 2. The average molecular weight is 304 g/mol. The standard InChI is InChI=1S/C15H14ClN3O2/c1-8-4-10(11-6-13(16)18-9(2)17-11)5-12-15(8)19(3)14(7-20)21-12/h4-7,14H,1-3H3. The van der Waals surface area contributed by atoms with Gasteiger partial charge in [-0.1, -0.05) is 11.6 Å². The number of carbonyl (C=O) groups is 1. The van der Waals surface area contributed by atoms with Crippen molar-refractivity contribution in [3.63, 3.8) is 0 Å². The van der Waals surface area contributed by atoms with Crippen molar-refractivity contribution in [2.75, 3.05) is 11.9 Å². The SMILES string of the molecule is Cc1nc(Cl)cc(-c2cc(C)c3c(c2)OC(C=O)N3C)n1. The Morgan fingerprint density at radius 3 is 2.71 bits per heavy atom. The molecule has 0 bridgehead atoms. The molecule has 1 aromatic carbocycles. The van der Waals surface area contributed by atoms with Crippen LogP contribution in [-0.2, 0) is 4.79 Å². The van der Waals surface area contributed by atoms with Gasteiger partial charge in [-0.15, -0.1) is 0 Å². The van der Waals surface area contributed by atoms with Gasteiger partial charge >= 0.3 is 0 Å². The Labute approximate surface area is 127 Å². The first-order valence-corrected chi connectivity index (χ1v) is 6.88. The number of likely N-dealkylation sites (N-methyl/N-ethyl adjacent to an activating group) is 1. The topological polar surface area (TPSA) is 55.3 Å². The summed E-state index contributed by atoms with van der Waals surface area (Å²) in [6.45, 7) is 3.77. The Kier molecular flexibility index (Phi) is 3.29. The van der Waals surface area contributed by atoms with E-state index in [1.54, 1.807) is 13.0 Å². The maximum absolute atomic E-state index is 11.0. The summed E-state index contributed by atoms with van der Waals surface area (Å²) in [7, 11) is 1.84. The van der Waals surface area contributed by atoms with E-state index in [0.29, 0.717) is 16.7 Å². The number of aryl methyl sites for hydroxylation is 2. The third-order valence-electron chi connectivity index (χ3n) is 3.47. The number of anilines is 1. The normalized spacial score (nSPS) is 16.6. The molecule has 2 heterocycles. The van der Waals surface area contributed by atoms with Crippen LogP contribution in [0.5, 0.6) is 5.75 Å². The van der Waals surface area contributed by atoms with Crippen LogP contribution < -0.4 is 9.64 Å². The van der Waals surface area contributed by atoms with E-state index < -0.39 is 6.23 Å². The molecule has 108 valence electrons. The van der Waals surface area contributed by atoms with Crippen LogP contribution in [0.15, 0.2) is 18.2 Å². The first-order valence-electron chi connectivity index (χ1n) is 6.50. The monoisotopic (exact) mass is 303 g/mol. The highest BCUT2D eigenvalue weighted by atomic mass is 35.5. The molecule has 0 amide bonds. The average Bonchev–Trinajstić information content (AvgIpc) is 2.74. The minimum absolute atomic E-state index is 0.402. The van der Waals surface area contributed by atoms with Gasteiger partial charge in [0, 0.05) is 18.7 Å². The molecule has 1 unspecified atom stereocenters. The fourth-order valence-corrected chi connectivity index (χ4v) is 2.80. The fraction of sp³-hybridized carbons (Fsp3) is 0.267. The lowest BCUT2D eigenvalue weighted by Crippen LogP contribution is -2.32. The molecule has 0 saturated heterocycles. The van der Waals surface area contributed by atoms with Crippen LogP contribution in [-0.4, -0.2) is 29.5 Å². The first-order chi connectivity index (χ1) is 9.99. The highest BCUT2D eigenvalue weighted by molar-refractivity contribution is 6.29. The minimum atomic E-state index is -0.579. The van der Waals surface area contributed by atoms with Gasteiger partial charge in [-0.25, -0.2) is 9.97 Å². The first kappa shape index (κ1) is 13.8. The summed E-state index contributed by atoms with van der Waals surface area (Å²) < 4.78 is 5.65. The van der Waals surface area contributed by atoms with E-state index in [2.05, 4.69) is 9.97 Å². The Morgan fingerprint density at radius 2 is 2.05 bits per heavy atom. The van der Waals surface area contributed by atoms with Crippen molar-refractivity contribution in [1.29, 1.82) is 0 Å². The Balaban J connectivity index is 2.12. The van der Waals surface area contributed by atoms with Gasteiger partial charge in [0.2, 0.25) is 6.23 Å². The Morgan fingerprint density at radius 1 is 1.29 bits per heavy atom. The lowest BCUT2D eigenvalue weighted by molar-refractivity contribution is -0.113. The van der Waals surface area contributed by atoms with Gasteiger partial charge in [-0.05, 0) is 31.5 Å². The molecule has 3 rings (SSSR count). The number of nitrogens with zero attached hydrogens (tertiary/aromatic N) is 3. The van der Waals surface area contributed by atoms with E-state index in [0.717, 1.165) is 28.8 Å². The van der Waals surface area contributed by atoms with Crippen LogP contribution in [0.3, 0.4) is 0 Å². The zero-order valence-corrected chi connectivity index (χ0v) is 12.7. The number of ether oxygens (including phenoxy) is 1. The highest BCUT2D eigenvalue weighted by Crippen LogP contribution is 2.41. The quantitative estimate of drug-likeness (QED) is 0.631. The van der Waals surface area contributed by atoms with Crippen molar-refractivity contribution in [3.05, 3.63) is 34.7 Å². The summed E-state index contributed by atoms with van der Waals surface area (Å²) in [5.74, 6) is 1.29. The molecule has 0 saturated carbocycles. The molecule has 0 fully saturated rings. The fourth-order valence-electron chi connectivity index (χ4n) is 2.57. The van der Waals surface area contributed by atoms with Gasteiger partial charge in [0.1, 0.15) is 16.7 Å². The number of hydrogen-bond donors (Lipinski definition) is 0. The molecule has 1 atom stereocenters. The number of benzene rings is 1. The summed E-state index contributed by atoms with van der Waals surface area (Å²) in [5.41, 5.74) is 3.56. The summed E-state index contributed by atoms with van der Waals surface area (Å²) >= 11 is 5.99. The van der Waals surface area contributed by atoms with Crippen molar-refractivity contribution >= 4 is 23.6 Å². The summed E-state index contributed by atoms with van der Waals surface area (Å²) in [6, 6.07) is 5.59. The summed E-state index contributed by atoms with van der Waals surface area (Å²) in [5, 5.41) is 0.402. The van der Waals surface area contributed by atoms with Crippen LogP contribution in [0.4, 0.5) is 5.69 Å². The number of aldehydes is 1. The summed E-state index contributed by atoms with van der Waals surface area (Å²) in [4.78, 5) is 21.3. The smallest absolute Gasteiger partial charge is 0.228 e. The number of fused-ring (bicyclic) bond motifs is 1. The van der Waals surface area contributed by atoms with E-state index in [9.17, 15) is 4.79 Å². The molecule has 6 heteroatoms. The molecule has 0 N–H and O–H groups in total. The number of carbonyl (C=O) groups excluding carboxylic acids is 1. The summed E-state index contributed by atoms with van der Waals surface area (Å²) in [6.07, 6.45) is 0.204. The zero-order chi connectivity index (χ0) is 15.1. The van der Waals surface area contributed by atoms with Gasteiger partial charge in [0.25, 0.3) is 0 Å². The molecule has 1 aliphatic heterocycles. The van der Waals surface area contributed by atoms with Crippen LogP contribution in [0, 0.1) is 13.8 Å².